The maximum Gasteiger partial charge on any atom is 0.257 e. The van der Waals surface area contributed by atoms with Crippen molar-refractivity contribution in [3.8, 4) is 5.75 Å². The van der Waals surface area contributed by atoms with Crippen molar-refractivity contribution >= 4 is 22.7 Å². The van der Waals surface area contributed by atoms with E-state index in [9.17, 15) is 9.59 Å². The molecule has 0 bridgehead atoms. The van der Waals surface area contributed by atoms with Crippen molar-refractivity contribution in [2.75, 3.05) is 33.3 Å². The number of ether oxygens (including phenoxy) is 1. The molecule has 0 saturated carbocycles. The standard InChI is InChI=1S/C24H27N3O3/c1-30-22-11-5-3-9-20(22)24(29)27-15-13-26(14-16-27)23(28)12-6-7-18-17-25-21-10-4-2-8-19(18)21/h2-5,8-11,17,25H,6-7,12-16H2,1H3. The molecule has 1 aliphatic heterocycles. The quantitative estimate of drug-likeness (QED) is 0.683. The van der Waals surface area contributed by atoms with E-state index in [4.69, 9.17) is 4.74 Å². The number of nitrogens with one attached hydrogen (secondary N) is 1. The van der Waals surface area contributed by atoms with E-state index in [1.807, 2.05) is 35.4 Å². The molecule has 6 nitrogen and oxygen atoms in total. The topological polar surface area (TPSA) is 65.6 Å². The molecule has 30 heavy (non-hydrogen) atoms. The number of H-pyrrole nitrogens is 1. The van der Waals surface area contributed by atoms with Crippen LogP contribution in [0.4, 0.5) is 0 Å². The maximum absolute atomic E-state index is 12.8. The number of aromatic nitrogens is 1. The average molecular weight is 405 g/mol. The molecule has 1 fully saturated rings. The molecule has 0 unspecified atom stereocenters. The number of hydrogen-bond donors (Lipinski definition) is 1. The van der Waals surface area contributed by atoms with Gasteiger partial charge in [0.2, 0.25) is 5.91 Å². The van der Waals surface area contributed by atoms with Gasteiger partial charge in [-0.25, -0.2) is 0 Å². The molecule has 6 heteroatoms. The lowest BCUT2D eigenvalue weighted by Gasteiger charge is -2.35. The Balaban J connectivity index is 1.26. The summed E-state index contributed by atoms with van der Waals surface area (Å²) in [6, 6.07) is 15.5. The fourth-order valence-electron chi connectivity index (χ4n) is 4.08. The van der Waals surface area contributed by atoms with Crippen LogP contribution < -0.4 is 4.74 Å². The number of piperazine rings is 1. The third-order valence-corrected chi connectivity index (χ3v) is 5.77. The van der Waals surface area contributed by atoms with Crippen LogP contribution in [0.1, 0.15) is 28.8 Å². The number of fused-ring (bicyclic) bond motifs is 1. The first-order chi connectivity index (χ1) is 14.7. The van der Waals surface area contributed by atoms with Crippen LogP contribution in [0.25, 0.3) is 10.9 Å². The summed E-state index contributed by atoms with van der Waals surface area (Å²) in [4.78, 5) is 32.4. The van der Waals surface area contributed by atoms with Crippen molar-refractivity contribution in [1.29, 1.82) is 0 Å². The molecule has 2 amide bonds. The van der Waals surface area contributed by atoms with Crippen molar-refractivity contribution < 1.29 is 14.3 Å². The lowest BCUT2D eigenvalue weighted by molar-refractivity contribution is -0.132. The Morgan fingerprint density at radius 3 is 2.47 bits per heavy atom. The minimum absolute atomic E-state index is 0.0427. The van der Waals surface area contributed by atoms with Gasteiger partial charge in [0.15, 0.2) is 0 Å². The Hall–Kier alpha value is -3.28. The molecule has 0 aliphatic carbocycles. The SMILES string of the molecule is COc1ccccc1C(=O)N1CCN(C(=O)CCCc2c[nH]c3ccccc23)CC1. The second-order valence-corrected chi connectivity index (χ2v) is 7.59. The van der Waals surface area contributed by atoms with E-state index in [-0.39, 0.29) is 11.8 Å². The van der Waals surface area contributed by atoms with Crippen molar-refractivity contribution in [3.63, 3.8) is 0 Å². The number of hydrogen-bond acceptors (Lipinski definition) is 3. The average Bonchev–Trinajstić information content (AvgIpc) is 3.21. The van der Waals surface area contributed by atoms with Crippen LogP contribution >= 0.6 is 0 Å². The van der Waals surface area contributed by atoms with E-state index in [2.05, 4.69) is 17.1 Å². The lowest BCUT2D eigenvalue weighted by Crippen LogP contribution is -2.50. The number of carbonyl (C=O) groups excluding carboxylic acids is 2. The Labute approximate surface area is 176 Å². The molecule has 1 aliphatic rings. The third kappa shape index (κ3) is 4.17. The number of aromatic amines is 1. The van der Waals surface area contributed by atoms with Crippen molar-refractivity contribution in [3.05, 3.63) is 65.9 Å². The molecule has 4 rings (SSSR count). The smallest absolute Gasteiger partial charge is 0.257 e. The fourth-order valence-corrected chi connectivity index (χ4v) is 4.08. The van der Waals surface area contributed by atoms with Gasteiger partial charge in [-0.05, 0) is 36.6 Å². The Morgan fingerprint density at radius 1 is 0.967 bits per heavy atom. The molecule has 0 atom stereocenters. The van der Waals surface area contributed by atoms with E-state index in [0.717, 1.165) is 18.4 Å². The molecule has 1 aromatic heterocycles. The summed E-state index contributed by atoms with van der Waals surface area (Å²) in [7, 11) is 1.57. The van der Waals surface area contributed by atoms with Crippen molar-refractivity contribution in [2.24, 2.45) is 0 Å². The summed E-state index contributed by atoms with van der Waals surface area (Å²) in [6.07, 6.45) is 4.26. The van der Waals surface area contributed by atoms with Gasteiger partial charge in [-0.3, -0.25) is 9.59 Å². The van der Waals surface area contributed by atoms with Gasteiger partial charge in [0, 0.05) is 49.7 Å². The van der Waals surface area contributed by atoms with Crippen molar-refractivity contribution in [2.45, 2.75) is 19.3 Å². The lowest BCUT2D eigenvalue weighted by atomic mass is 10.1. The van der Waals surface area contributed by atoms with Crippen LogP contribution in [0.3, 0.4) is 0 Å². The number of amides is 2. The summed E-state index contributed by atoms with van der Waals surface area (Å²) in [5.41, 5.74) is 2.96. The van der Waals surface area contributed by atoms with E-state index in [1.165, 1.54) is 10.9 Å². The van der Waals surface area contributed by atoms with Gasteiger partial charge in [-0.1, -0.05) is 30.3 Å². The van der Waals surface area contributed by atoms with E-state index in [0.29, 0.717) is 43.9 Å². The highest BCUT2D eigenvalue weighted by atomic mass is 16.5. The number of benzene rings is 2. The van der Waals surface area contributed by atoms with Crippen LogP contribution in [0.5, 0.6) is 5.75 Å². The number of para-hydroxylation sites is 2. The molecule has 1 N–H and O–H groups in total. The van der Waals surface area contributed by atoms with Gasteiger partial charge in [-0.15, -0.1) is 0 Å². The van der Waals surface area contributed by atoms with E-state index in [1.54, 1.807) is 24.1 Å². The van der Waals surface area contributed by atoms with Gasteiger partial charge in [0.05, 0.1) is 12.7 Å². The maximum atomic E-state index is 12.8. The van der Waals surface area contributed by atoms with Crippen LogP contribution in [-0.4, -0.2) is 59.9 Å². The normalized spacial score (nSPS) is 14.2. The van der Waals surface area contributed by atoms with E-state index < -0.39 is 0 Å². The summed E-state index contributed by atoms with van der Waals surface area (Å²) in [5.74, 6) is 0.705. The summed E-state index contributed by atoms with van der Waals surface area (Å²) >= 11 is 0. The molecule has 0 radical (unpaired) electrons. The predicted molar refractivity (Wildman–Crippen MR) is 117 cm³/mol. The largest absolute Gasteiger partial charge is 0.496 e. The number of aryl methyl sites for hydroxylation is 1. The molecule has 0 spiro atoms. The van der Waals surface area contributed by atoms with Crippen molar-refractivity contribution in [1.82, 2.24) is 14.8 Å². The number of carbonyl (C=O) groups is 2. The summed E-state index contributed by atoms with van der Waals surface area (Å²) < 4.78 is 5.30. The molecule has 2 aromatic carbocycles. The first-order valence-corrected chi connectivity index (χ1v) is 10.4. The number of nitrogens with zero attached hydrogens (tertiary/aromatic N) is 2. The molecule has 156 valence electrons. The highest BCUT2D eigenvalue weighted by molar-refractivity contribution is 5.97. The second-order valence-electron chi connectivity index (χ2n) is 7.59. The Bertz CT molecular complexity index is 1030. The zero-order valence-electron chi connectivity index (χ0n) is 17.3. The highest BCUT2D eigenvalue weighted by Gasteiger charge is 2.26. The molecule has 1 saturated heterocycles. The van der Waals surface area contributed by atoms with Crippen LogP contribution in [-0.2, 0) is 11.2 Å². The summed E-state index contributed by atoms with van der Waals surface area (Å²) in [6.45, 7) is 2.25. The van der Waals surface area contributed by atoms with Gasteiger partial charge < -0.3 is 19.5 Å². The number of rotatable bonds is 6. The molecular formula is C24H27N3O3. The Morgan fingerprint density at radius 2 is 1.67 bits per heavy atom. The highest BCUT2D eigenvalue weighted by Crippen LogP contribution is 2.21. The van der Waals surface area contributed by atoms with Gasteiger partial charge in [0.1, 0.15) is 5.75 Å². The zero-order chi connectivity index (χ0) is 20.9. The van der Waals surface area contributed by atoms with Gasteiger partial charge in [0.25, 0.3) is 5.91 Å². The molecule has 3 aromatic rings. The third-order valence-electron chi connectivity index (χ3n) is 5.77. The monoisotopic (exact) mass is 405 g/mol. The minimum Gasteiger partial charge on any atom is -0.496 e. The second kappa shape index (κ2) is 9.03. The van der Waals surface area contributed by atoms with Gasteiger partial charge in [-0.2, -0.15) is 0 Å². The van der Waals surface area contributed by atoms with Crippen LogP contribution in [0.15, 0.2) is 54.7 Å². The van der Waals surface area contributed by atoms with E-state index >= 15 is 0 Å². The number of methoxy groups -OCH3 is 1. The first kappa shape index (κ1) is 20.0. The van der Waals surface area contributed by atoms with Crippen LogP contribution in [0.2, 0.25) is 0 Å². The summed E-state index contributed by atoms with van der Waals surface area (Å²) in [5, 5.41) is 1.23. The first-order valence-electron chi connectivity index (χ1n) is 10.4. The minimum atomic E-state index is -0.0427. The zero-order valence-corrected chi connectivity index (χ0v) is 17.3. The van der Waals surface area contributed by atoms with Crippen LogP contribution in [0, 0.1) is 0 Å². The fraction of sp³-hybridized carbons (Fsp3) is 0.333. The molecular weight excluding hydrogens is 378 g/mol. The predicted octanol–water partition coefficient (Wildman–Crippen LogP) is 3.48. The molecule has 2 heterocycles. The van der Waals surface area contributed by atoms with Gasteiger partial charge >= 0.3 is 0 Å². The Kier molecular flexibility index (Phi) is 6.02.